The van der Waals surface area contributed by atoms with Crippen molar-refractivity contribution in [1.82, 2.24) is 4.90 Å². The average Bonchev–Trinajstić information content (AvgIpc) is 2.13. The SMILES string of the molecule is O=C(O)N1CCCC1=O.[Cu+2]. The first-order valence-electron chi connectivity index (χ1n) is 2.75. The van der Waals surface area contributed by atoms with Crippen LogP contribution in [-0.4, -0.2) is 28.6 Å². The molecule has 1 rings (SSSR count). The van der Waals surface area contributed by atoms with Crippen LogP contribution in [0, 0.1) is 0 Å². The topological polar surface area (TPSA) is 57.6 Å². The van der Waals surface area contributed by atoms with Gasteiger partial charge >= 0.3 is 23.2 Å². The van der Waals surface area contributed by atoms with Crippen LogP contribution in [-0.2, 0) is 21.9 Å². The molecule has 0 unspecified atom stereocenters. The van der Waals surface area contributed by atoms with Crippen molar-refractivity contribution in [2.75, 3.05) is 6.54 Å². The van der Waals surface area contributed by atoms with Crippen molar-refractivity contribution in [2.24, 2.45) is 0 Å². The molecule has 0 aromatic heterocycles. The van der Waals surface area contributed by atoms with Gasteiger partial charge in [-0.15, -0.1) is 0 Å². The summed E-state index contributed by atoms with van der Waals surface area (Å²) in [6.45, 7) is 0.369. The molecule has 10 heavy (non-hydrogen) atoms. The standard InChI is InChI=1S/C5H7NO3.Cu/c7-4-2-1-3-6(4)5(8)9;/h1-3H2,(H,8,9);/q;+2. The Morgan fingerprint density at radius 1 is 1.60 bits per heavy atom. The Kier molecular flexibility index (Phi) is 3.39. The van der Waals surface area contributed by atoms with E-state index in [1.165, 1.54) is 0 Å². The van der Waals surface area contributed by atoms with Crippen molar-refractivity contribution in [3.05, 3.63) is 0 Å². The van der Waals surface area contributed by atoms with Crippen LogP contribution in [0.2, 0.25) is 0 Å². The Bertz CT molecular complexity index is 159. The van der Waals surface area contributed by atoms with E-state index in [0.717, 1.165) is 4.90 Å². The Labute approximate surface area is 68.7 Å². The van der Waals surface area contributed by atoms with E-state index in [9.17, 15) is 9.59 Å². The summed E-state index contributed by atoms with van der Waals surface area (Å²) in [5.74, 6) is -0.275. The zero-order chi connectivity index (χ0) is 6.85. The zero-order valence-electron chi connectivity index (χ0n) is 5.13. The smallest absolute Gasteiger partial charge is 0.465 e. The minimum atomic E-state index is -1.13. The first-order valence-corrected chi connectivity index (χ1v) is 2.75. The molecule has 0 aromatic carbocycles. The Morgan fingerprint density at radius 3 is 2.40 bits per heavy atom. The summed E-state index contributed by atoms with van der Waals surface area (Å²) < 4.78 is 0. The maximum atomic E-state index is 10.6. The molecule has 0 aromatic rings. The average molecular weight is 193 g/mol. The molecule has 4 nitrogen and oxygen atoms in total. The molecule has 1 N–H and O–H groups in total. The van der Waals surface area contributed by atoms with Gasteiger partial charge in [-0.25, -0.2) is 9.69 Å². The number of imide groups is 1. The number of rotatable bonds is 0. The molecule has 2 amide bonds. The van der Waals surface area contributed by atoms with Crippen molar-refractivity contribution in [3.63, 3.8) is 0 Å². The monoisotopic (exact) mass is 192 g/mol. The second-order valence-electron chi connectivity index (χ2n) is 1.93. The summed E-state index contributed by atoms with van der Waals surface area (Å²) in [6, 6.07) is 0. The van der Waals surface area contributed by atoms with Crippen LogP contribution in [0.4, 0.5) is 4.79 Å². The van der Waals surface area contributed by atoms with Gasteiger partial charge in [0.25, 0.3) is 0 Å². The van der Waals surface area contributed by atoms with Crippen molar-refractivity contribution in [1.29, 1.82) is 0 Å². The third-order valence-electron chi connectivity index (χ3n) is 1.30. The van der Waals surface area contributed by atoms with Crippen molar-refractivity contribution in [2.45, 2.75) is 12.8 Å². The predicted octanol–water partition coefficient (Wildman–Crippen LogP) is 0.284. The maximum Gasteiger partial charge on any atom is 2.00 e. The second-order valence-corrected chi connectivity index (χ2v) is 1.93. The molecule has 0 spiro atoms. The summed E-state index contributed by atoms with van der Waals surface area (Å²) in [4.78, 5) is 21.5. The van der Waals surface area contributed by atoms with E-state index in [4.69, 9.17) is 5.11 Å². The van der Waals surface area contributed by atoms with Crippen LogP contribution in [0.25, 0.3) is 0 Å². The van der Waals surface area contributed by atoms with Gasteiger partial charge in [0.15, 0.2) is 0 Å². The summed E-state index contributed by atoms with van der Waals surface area (Å²) >= 11 is 0. The van der Waals surface area contributed by atoms with E-state index in [1.807, 2.05) is 0 Å². The van der Waals surface area contributed by atoms with Gasteiger partial charge in [-0.05, 0) is 6.42 Å². The van der Waals surface area contributed by atoms with Gasteiger partial charge in [0.05, 0.1) is 0 Å². The van der Waals surface area contributed by atoms with Gasteiger partial charge in [-0.3, -0.25) is 4.79 Å². The van der Waals surface area contributed by atoms with Gasteiger partial charge in [0.2, 0.25) is 5.91 Å². The molecule has 1 heterocycles. The molecule has 1 saturated heterocycles. The number of nitrogens with zero attached hydrogens (tertiary/aromatic N) is 1. The Hall–Kier alpha value is -0.541. The van der Waals surface area contributed by atoms with E-state index in [0.29, 0.717) is 19.4 Å². The molecule has 1 aliphatic rings. The Morgan fingerprint density at radius 2 is 2.20 bits per heavy atom. The van der Waals surface area contributed by atoms with E-state index >= 15 is 0 Å². The van der Waals surface area contributed by atoms with Gasteiger partial charge in [-0.2, -0.15) is 0 Å². The number of hydrogen-bond acceptors (Lipinski definition) is 2. The van der Waals surface area contributed by atoms with Gasteiger partial charge in [0.1, 0.15) is 0 Å². The van der Waals surface area contributed by atoms with Crippen LogP contribution in [0.3, 0.4) is 0 Å². The van der Waals surface area contributed by atoms with Crippen LogP contribution < -0.4 is 0 Å². The van der Waals surface area contributed by atoms with Crippen molar-refractivity contribution in [3.8, 4) is 0 Å². The van der Waals surface area contributed by atoms with Gasteiger partial charge in [0, 0.05) is 13.0 Å². The largest absolute Gasteiger partial charge is 2.00 e. The van der Waals surface area contributed by atoms with Gasteiger partial charge in [-0.1, -0.05) is 0 Å². The van der Waals surface area contributed by atoms with E-state index in [1.54, 1.807) is 0 Å². The number of amides is 2. The van der Waals surface area contributed by atoms with Crippen LogP contribution in [0.1, 0.15) is 12.8 Å². The fourth-order valence-corrected chi connectivity index (χ4v) is 0.850. The number of carboxylic acid groups (broad SMARTS) is 1. The molecule has 0 saturated carbocycles. The summed E-state index contributed by atoms with van der Waals surface area (Å²) in [7, 11) is 0. The van der Waals surface area contributed by atoms with E-state index in [2.05, 4.69) is 0 Å². The molecular formula is C5H7CuNO3+2. The van der Waals surface area contributed by atoms with Gasteiger partial charge < -0.3 is 5.11 Å². The van der Waals surface area contributed by atoms with Crippen LogP contribution in [0.5, 0.6) is 0 Å². The molecule has 5 heteroatoms. The summed E-state index contributed by atoms with van der Waals surface area (Å²) in [5.41, 5.74) is 0. The van der Waals surface area contributed by atoms with Crippen LogP contribution >= 0.6 is 0 Å². The molecule has 0 atom stereocenters. The molecular weight excluding hydrogens is 186 g/mol. The molecule has 59 valence electrons. The summed E-state index contributed by atoms with van der Waals surface area (Å²) in [6.07, 6.45) is -0.0743. The molecule has 1 aliphatic heterocycles. The number of hydrogen-bond donors (Lipinski definition) is 1. The maximum absolute atomic E-state index is 10.6. The number of carbonyl (C=O) groups excluding carboxylic acids is 1. The Balaban J connectivity index is 0.000000810. The van der Waals surface area contributed by atoms with E-state index < -0.39 is 6.09 Å². The fourth-order valence-electron chi connectivity index (χ4n) is 0.850. The minimum Gasteiger partial charge on any atom is -0.465 e. The number of likely N-dealkylation sites (tertiary alicyclic amines) is 1. The minimum absolute atomic E-state index is 0. The fraction of sp³-hybridized carbons (Fsp3) is 0.600. The zero-order valence-corrected chi connectivity index (χ0v) is 6.08. The van der Waals surface area contributed by atoms with Crippen molar-refractivity contribution < 1.29 is 31.8 Å². The molecule has 0 aliphatic carbocycles. The van der Waals surface area contributed by atoms with Crippen LogP contribution in [0.15, 0.2) is 0 Å². The first-order chi connectivity index (χ1) is 4.22. The normalized spacial score (nSPS) is 16.8. The first kappa shape index (κ1) is 9.46. The summed E-state index contributed by atoms with van der Waals surface area (Å²) in [5, 5.41) is 8.29. The molecule has 0 bridgehead atoms. The third-order valence-corrected chi connectivity index (χ3v) is 1.30. The number of carbonyl (C=O) groups is 2. The third kappa shape index (κ3) is 1.72. The second kappa shape index (κ2) is 3.58. The molecule has 1 radical (unpaired) electrons. The van der Waals surface area contributed by atoms with Crippen molar-refractivity contribution >= 4 is 12.0 Å². The predicted molar refractivity (Wildman–Crippen MR) is 29.0 cm³/mol. The van der Waals surface area contributed by atoms with E-state index in [-0.39, 0.29) is 23.0 Å². The quantitative estimate of drug-likeness (QED) is 0.561. The molecule has 1 fully saturated rings.